The molecule has 1 atom stereocenters. The van der Waals surface area contributed by atoms with Crippen LogP contribution in [0.25, 0.3) is 0 Å². The maximum atomic E-state index is 13.1. The quantitative estimate of drug-likeness (QED) is 0.549. The fourth-order valence-electron chi connectivity index (χ4n) is 5.05. The summed E-state index contributed by atoms with van der Waals surface area (Å²) < 4.78 is 11.8. The van der Waals surface area contributed by atoms with Crippen LogP contribution in [0.2, 0.25) is 0 Å². The molecule has 1 unspecified atom stereocenters. The molecule has 37 heavy (non-hydrogen) atoms. The van der Waals surface area contributed by atoms with Crippen molar-refractivity contribution in [2.24, 2.45) is 5.92 Å². The molecule has 8 nitrogen and oxygen atoms in total. The summed E-state index contributed by atoms with van der Waals surface area (Å²) in [6, 6.07) is 17.6. The summed E-state index contributed by atoms with van der Waals surface area (Å²) in [7, 11) is 1.66. The molecule has 0 aliphatic carbocycles. The number of amides is 2. The van der Waals surface area contributed by atoms with Crippen LogP contribution < -0.4 is 4.74 Å². The number of nitriles is 1. The number of ether oxygens (including phenoxy) is 2. The first-order valence-electron chi connectivity index (χ1n) is 13.0. The van der Waals surface area contributed by atoms with E-state index in [1.807, 2.05) is 40.1 Å². The van der Waals surface area contributed by atoms with E-state index in [9.17, 15) is 9.59 Å². The number of benzene rings is 2. The molecule has 2 amide bonds. The van der Waals surface area contributed by atoms with E-state index < -0.39 is 0 Å². The molecule has 0 bridgehead atoms. The molecule has 2 aromatic rings. The Morgan fingerprint density at radius 1 is 1.00 bits per heavy atom. The first-order chi connectivity index (χ1) is 18.0. The molecule has 2 saturated heterocycles. The second-order valence-electron chi connectivity index (χ2n) is 9.79. The highest BCUT2D eigenvalue weighted by Gasteiger charge is 2.31. The number of nitrogens with zero attached hydrogens (tertiary/aromatic N) is 4. The first kappa shape index (κ1) is 26.6. The van der Waals surface area contributed by atoms with E-state index in [2.05, 4.69) is 17.0 Å². The van der Waals surface area contributed by atoms with Crippen LogP contribution in [0, 0.1) is 17.2 Å². The molecular weight excluding hydrogens is 468 g/mol. The molecule has 2 aromatic carbocycles. The monoisotopic (exact) mass is 504 g/mol. The highest BCUT2D eigenvalue weighted by atomic mass is 16.5. The molecular formula is C29H36N4O4. The Bertz CT molecular complexity index is 1100. The number of piperidine rings is 1. The highest BCUT2D eigenvalue weighted by molar-refractivity contribution is 5.80. The van der Waals surface area contributed by atoms with Crippen LogP contribution in [0.4, 0.5) is 0 Å². The lowest BCUT2D eigenvalue weighted by atomic mass is 9.95. The van der Waals surface area contributed by atoms with Gasteiger partial charge in [-0.3, -0.25) is 14.5 Å². The van der Waals surface area contributed by atoms with Gasteiger partial charge in [0.15, 0.2) is 0 Å². The molecule has 196 valence electrons. The maximum Gasteiger partial charge on any atom is 0.225 e. The largest absolute Gasteiger partial charge is 0.497 e. The van der Waals surface area contributed by atoms with Crippen LogP contribution >= 0.6 is 0 Å². The van der Waals surface area contributed by atoms with Gasteiger partial charge in [-0.25, -0.2) is 0 Å². The summed E-state index contributed by atoms with van der Waals surface area (Å²) in [6.45, 7) is 7.06. The average Bonchev–Trinajstić information content (AvgIpc) is 2.95. The van der Waals surface area contributed by atoms with Gasteiger partial charge in [-0.1, -0.05) is 24.3 Å². The van der Waals surface area contributed by atoms with Crippen molar-refractivity contribution in [3.8, 4) is 11.8 Å². The minimum Gasteiger partial charge on any atom is -0.497 e. The molecule has 2 fully saturated rings. The Morgan fingerprint density at radius 2 is 1.70 bits per heavy atom. The third kappa shape index (κ3) is 7.09. The summed E-state index contributed by atoms with van der Waals surface area (Å²) in [5, 5.41) is 9.05. The van der Waals surface area contributed by atoms with Crippen molar-refractivity contribution < 1.29 is 19.1 Å². The van der Waals surface area contributed by atoms with Crippen molar-refractivity contribution in [3.63, 3.8) is 0 Å². The van der Waals surface area contributed by atoms with Crippen LogP contribution in [-0.2, 0) is 20.9 Å². The van der Waals surface area contributed by atoms with Gasteiger partial charge < -0.3 is 19.3 Å². The van der Waals surface area contributed by atoms with E-state index in [0.717, 1.165) is 42.8 Å². The molecule has 0 N–H and O–H groups in total. The molecule has 0 saturated carbocycles. The first-order valence-corrected chi connectivity index (χ1v) is 13.0. The van der Waals surface area contributed by atoms with Crippen LogP contribution in [0.15, 0.2) is 48.5 Å². The van der Waals surface area contributed by atoms with Gasteiger partial charge in [0.25, 0.3) is 0 Å². The van der Waals surface area contributed by atoms with E-state index in [0.29, 0.717) is 44.9 Å². The second kappa shape index (κ2) is 12.7. The normalized spacial score (nSPS) is 17.8. The third-order valence-electron chi connectivity index (χ3n) is 7.40. The molecule has 0 aromatic heterocycles. The van der Waals surface area contributed by atoms with Crippen molar-refractivity contribution in [2.75, 3.05) is 52.9 Å². The van der Waals surface area contributed by atoms with Crippen LogP contribution in [0.3, 0.4) is 0 Å². The predicted octanol–water partition coefficient (Wildman–Crippen LogP) is 3.23. The Hall–Kier alpha value is -3.41. The van der Waals surface area contributed by atoms with Gasteiger partial charge in [0, 0.05) is 58.7 Å². The van der Waals surface area contributed by atoms with E-state index >= 15 is 0 Å². The SMILES string of the molecule is COc1cccc(C(CN2CCN(C(=O)C3CCN(C(C)=O)CC3)CC2)OCc2ccc(C#N)cc2)c1. The van der Waals surface area contributed by atoms with E-state index in [1.165, 1.54) is 0 Å². The number of rotatable bonds is 8. The van der Waals surface area contributed by atoms with Crippen molar-refractivity contribution >= 4 is 11.8 Å². The Balaban J connectivity index is 1.34. The number of carbonyl (C=O) groups is 2. The fraction of sp³-hybridized carbons (Fsp3) is 0.483. The van der Waals surface area contributed by atoms with Gasteiger partial charge in [0.1, 0.15) is 5.75 Å². The lowest BCUT2D eigenvalue weighted by molar-refractivity contribution is -0.141. The number of likely N-dealkylation sites (tertiary alicyclic amines) is 1. The third-order valence-corrected chi connectivity index (χ3v) is 7.40. The lowest BCUT2D eigenvalue weighted by Gasteiger charge is -2.39. The molecule has 2 heterocycles. The summed E-state index contributed by atoms with van der Waals surface area (Å²) >= 11 is 0. The molecule has 2 aliphatic heterocycles. The van der Waals surface area contributed by atoms with E-state index in [-0.39, 0.29) is 23.8 Å². The van der Waals surface area contributed by atoms with E-state index in [1.54, 1.807) is 26.2 Å². The number of hydrogen-bond acceptors (Lipinski definition) is 6. The predicted molar refractivity (Wildman–Crippen MR) is 140 cm³/mol. The van der Waals surface area contributed by atoms with Gasteiger partial charge in [-0.15, -0.1) is 0 Å². The maximum absolute atomic E-state index is 13.1. The zero-order valence-electron chi connectivity index (χ0n) is 21.8. The van der Waals surface area contributed by atoms with Gasteiger partial charge in [-0.05, 0) is 48.2 Å². The molecule has 2 aliphatic rings. The zero-order valence-corrected chi connectivity index (χ0v) is 21.8. The minimum atomic E-state index is -0.163. The number of methoxy groups -OCH3 is 1. The van der Waals surface area contributed by atoms with Crippen molar-refractivity contribution in [1.29, 1.82) is 5.26 Å². The highest BCUT2D eigenvalue weighted by Crippen LogP contribution is 2.26. The van der Waals surface area contributed by atoms with Crippen molar-refractivity contribution in [3.05, 3.63) is 65.2 Å². The summed E-state index contributed by atoms with van der Waals surface area (Å²) in [5.41, 5.74) is 2.69. The van der Waals surface area contributed by atoms with Gasteiger partial charge in [-0.2, -0.15) is 5.26 Å². The topological polar surface area (TPSA) is 86.1 Å². The molecule has 8 heteroatoms. The van der Waals surface area contributed by atoms with Crippen molar-refractivity contribution in [1.82, 2.24) is 14.7 Å². The molecule has 0 radical (unpaired) electrons. The average molecular weight is 505 g/mol. The standard InChI is InChI=1S/C29H36N4O4/c1-22(34)32-12-10-25(11-13-32)29(35)33-16-14-31(15-17-33)20-28(26-4-3-5-27(18-26)36-2)37-21-24-8-6-23(19-30)7-9-24/h3-9,18,25,28H,10-17,20-21H2,1-2H3. The van der Waals surface area contributed by atoms with Crippen LogP contribution in [0.1, 0.15) is 42.6 Å². The number of hydrogen-bond donors (Lipinski definition) is 0. The summed E-state index contributed by atoms with van der Waals surface area (Å²) in [5.74, 6) is 1.12. The minimum absolute atomic E-state index is 0.0161. The fourth-order valence-corrected chi connectivity index (χ4v) is 5.05. The summed E-state index contributed by atoms with van der Waals surface area (Å²) in [4.78, 5) is 30.9. The Labute approximate surface area is 219 Å². The molecule has 0 spiro atoms. The number of carbonyl (C=O) groups excluding carboxylic acids is 2. The van der Waals surface area contributed by atoms with Crippen LogP contribution in [-0.4, -0.2) is 79.4 Å². The Kier molecular flexibility index (Phi) is 9.15. The molecule has 4 rings (SSSR count). The Morgan fingerprint density at radius 3 is 2.32 bits per heavy atom. The summed E-state index contributed by atoms with van der Waals surface area (Å²) in [6.07, 6.45) is 1.34. The van der Waals surface area contributed by atoms with E-state index in [4.69, 9.17) is 14.7 Å². The van der Waals surface area contributed by atoms with Gasteiger partial charge in [0.05, 0.1) is 31.5 Å². The van der Waals surface area contributed by atoms with Crippen LogP contribution in [0.5, 0.6) is 5.75 Å². The number of piperazine rings is 1. The smallest absolute Gasteiger partial charge is 0.225 e. The zero-order chi connectivity index (χ0) is 26.2. The van der Waals surface area contributed by atoms with Gasteiger partial charge in [0.2, 0.25) is 11.8 Å². The van der Waals surface area contributed by atoms with Gasteiger partial charge >= 0.3 is 0 Å². The van der Waals surface area contributed by atoms with Crippen molar-refractivity contribution in [2.45, 2.75) is 32.5 Å². The lowest BCUT2D eigenvalue weighted by Crippen LogP contribution is -2.52. The second-order valence-corrected chi connectivity index (χ2v) is 9.79.